The third-order valence-electron chi connectivity index (χ3n) is 1.48. The first-order valence-corrected chi connectivity index (χ1v) is 4.71. The molecule has 0 saturated heterocycles. The van der Waals surface area contributed by atoms with Gasteiger partial charge in [0.05, 0.1) is 5.02 Å². The maximum absolute atomic E-state index is 10.2. The van der Waals surface area contributed by atoms with E-state index in [1.165, 1.54) is 12.1 Å². The molecule has 0 aliphatic rings. The molecule has 1 aromatic carbocycles. The van der Waals surface area contributed by atoms with Crippen LogP contribution in [0, 0.1) is 6.92 Å². The minimum Gasteiger partial charge on any atom is -0.740 e. The van der Waals surface area contributed by atoms with Gasteiger partial charge in [0.1, 0.15) is 11.4 Å². The third-order valence-corrected chi connectivity index (χ3v) is 2.09. The predicted molar refractivity (Wildman–Crippen MR) is 55.2 cm³/mol. The molecule has 0 bridgehead atoms. The normalized spacial score (nSPS) is 11.6. The highest BCUT2D eigenvalue weighted by Gasteiger charge is 2.05. The number of nitrogens with two attached hydrogens (primary N) is 1. The van der Waals surface area contributed by atoms with Gasteiger partial charge in [-0.15, -0.1) is 0 Å². The topological polar surface area (TPSA) is 110 Å². The lowest BCUT2D eigenvalue weighted by molar-refractivity contribution is 0.440. The summed E-state index contributed by atoms with van der Waals surface area (Å²) in [7, 11) is 0. The standard InChI is InChI=1S/C7H8ClNO3S.H3N/c1-4-2-7(12-13(10)11)5(8)3-6(4)9;/h2-3H,9H2,1H3,(H,10,11);1H3/p-1. The summed E-state index contributed by atoms with van der Waals surface area (Å²) in [5.74, 6) is 0.0849. The van der Waals surface area contributed by atoms with Crippen LogP contribution >= 0.6 is 11.6 Å². The SMILES string of the molecule is Cc1cc(OS(=O)[O-])c(Cl)cc1N.N. The molecular formula is C7H10ClN2O3S-. The number of nitrogen functional groups attached to an aromatic ring is 1. The highest BCUT2D eigenvalue weighted by atomic mass is 35.5. The van der Waals surface area contributed by atoms with E-state index in [4.69, 9.17) is 17.3 Å². The molecule has 0 spiro atoms. The van der Waals surface area contributed by atoms with Crippen molar-refractivity contribution in [1.82, 2.24) is 6.15 Å². The van der Waals surface area contributed by atoms with Crippen LogP contribution in [0.5, 0.6) is 5.75 Å². The molecule has 5 nitrogen and oxygen atoms in total. The molecule has 1 atom stereocenters. The summed E-state index contributed by atoms with van der Waals surface area (Å²) in [6, 6.07) is 2.91. The zero-order valence-electron chi connectivity index (χ0n) is 7.45. The summed E-state index contributed by atoms with van der Waals surface area (Å²) in [5, 5.41) is 0.173. The lowest BCUT2D eigenvalue weighted by Crippen LogP contribution is -2.00. The van der Waals surface area contributed by atoms with Crippen molar-refractivity contribution < 1.29 is 12.9 Å². The van der Waals surface area contributed by atoms with Crippen molar-refractivity contribution in [3.05, 3.63) is 22.7 Å². The Balaban J connectivity index is 0.00000169. The maximum atomic E-state index is 10.2. The van der Waals surface area contributed by atoms with Crippen molar-refractivity contribution in [2.45, 2.75) is 6.92 Å². The van der Waals surface area contributed by atoms with Crippen molar-refractivity contribution >= 4 is 28.6 Å². The van der Waals surface area contributed by atoms with Crippen molar-refractivity contribution in [2.75, 3.05) is 5.73 Å². The average molecular weight is 238 g/mol. The van der Waals surface area contributed by atoms with Crippen molar-refractivity contribution in [3.8, 4) is 5.75 Å². The molecule has 0 radical (unpaired) electrons. The van der Waals surface area contributed by atoms with Crippen LogP contribution < -0.4 is 16.1 Å². The Hall–Kier alpha value is -0.820. The second-order valence-corrected chi connectivity index (χ2v) is 3.41. The molecule has 14 heavy (non-hydrogen) atoms. The maximum Gasteiger partial charge on any atom is 0.158 e. The van der Waals surface area contributed by atoms with Gasteiger partial charge in [-0.25, -0.2) is 4.21 Å². The third kappa shape index (κ3) is 3.15. The summed E-state index contributed by atoms with van der Waals surface area (Å²) in [4.78, 5) is 0. The van der Waals surface area contributed by atoms with Crippen molar-refractivity contribution in [1.29, 1.82) is 0 Å². The van der Waals surface area contributed by atoms with Crippen molar-refractivity contribution in [2.24, 2.45) is 0 Å². The molecule has 0 aliphatic carbocycles. The van der Waals surface area contributed by atoms with Gasteiger partial charge in [0, 0.05) is 5.69 Å². The van der Waals surface area contributed by atoms with E-state index in [0.29, 0.717) is 11.3 Å². The lowest BCUT2D eigenvalue weighted by atomic mass is 10.2. The zero-order valence-corrected chi connectivity index (χ0v) is 9.02. The molecule has 0 fully saturated rings. The molecule has 0 amide bonds. The lowest BCUT2D eigenvalue weighted by Gasteiger charge is -2.10. The Morgan fingerprint density at radius 2 is 2.14 bits per heavy atom. The molecule has 5 N–H and O–H groups in total. The van der Waals surface area contributed by atoms with E-state index in [1.54, 1.807) is 6.92 Å². The summed E-state index contributed by atoms with van der Waals surface area (Å²) < 4.78 is 24.8. The number of anilines is 1. The molecule has 1 unspecified atom stereocenters. The van der Waals surface area contributed by atoms with Gasteiger partial charge in [-0.2, -0.15) is 0 Å². The van der Waals surface area contributed by atoms with Crippen LogP contribution in [0.4, 0.5) is 5.69 Å². The van der Waals surface area contributed by atoms with E-state index >= 15 is 0 Å². The van der Waals surface area contributed by atoms with Crippen LogP contribution in [0.25, 0.3) is 0 Å². The van der Waals surface area contributed by atoms with Crippen LogP contribution in [0.15, 0.2) is 12.1 Å². The first-order chi connectivity index (χ1) is 6.00. The van der Waals surface area contributed by atoms with Gasteiger partial charge in [-0.1, -0.05) is 11.6 Å². The first kappa shape index (κ1) is 13.2. The summed E-state index contributed by atoms with van der Waals surface area (Å²) >= 11 is 3.05. The minimum atomic E-state index is -2.62. The van der Waals surface area contributed by atoms with Crippen LogP contribution in [0.3, 0.4) is 0 Å². The number of halogens is 1. The fourth-order valence-electron chi connectivity index (χ4n) is 0.808. The molecular weight excluding hydrogens is 228 g/mol. The van der Waals surface area contributed by atoms with Gasteiger partial charge in [-0.05, 0) is 24.6 Å². The summed E-state index contributed by atoms with van der Waals surface area (Å²) in [5.41, 5.74) is 6.73. The van der Waals surface area contributed by atoms with Crippen LogP contribution in [-0.2, 0) is 11.4 Å². The second kappa shape index (κ2) is 5.16. The number of rotatable bonds is 2. The van der Waals surface area contributed by atoms with E-state index < -0.39 is 11.4 Å². The number of aryl methyl sites for hydroxylation is 1. The Morgan fingerprint density at radius 1 is 1.57 bits per heavy atom. The Bertz CT molecular complexity index is 359. The molecule has 0 aliphatic heterocycles. The minimum absolute atomic E-state index is 0. The molecule has 0 heterocycles. The predicted octanol–water partition coefficient (Wildman–Crippen LogP) is 1.57. The largest absolute Gasteiger partial charge is 0.740 e. The highest BCUT2D eigenvalue weighted by molar-refractivity contribution is 7.74. The molecule has 1 aromatic rings. The smallest absolute Gasteiger partial charge is 0.158 e. The average Bonchev–Trinajstić information content (AvgIpc) is 1.99. The molecule has 80 valence electrons. The fourth-order valence-corrected chi connectivity index (χ4v) is 1.35. The van der Waals surface area contributed by atoms with E-state index in [9.17, 15) is 8.76 Å². The Morgan fingerprint density at radius 3 is 2.64 bits per heavy atom. The van der Waals surface area contributed by atoms with Gasteiger partial charge >= 0.3 is 0 Å². The number of hydrogen-bond acceptors (Lipinski definition) is 5. The van der Waals surface area contributed by atoms with Gasteiger partial charge in [0.2, 0.25) is 0 Å². The van der Waals surface area contributed by atoms with Gasteiger partial charge in [0.15, 0.2) is 5.75 Å². The van der Waals surface area contributed by atoms with Crippen LogP contribution in [0.2, 0.25) is 5.02 Å². The monoisotopic (exact) mass is 237 g/mol. The quantitative estimate of drug-likeness (QED) is 0.599. The number of benzene rings is 1. The van der Waals surface area contributed by atoms with Crippen LogP contribution in [-0.4, -0.2) is 8.76 Å². The molecule has 0 saturated carbocycles. The highest BCUT2D eigenvalue weighted by Crippen LogP contribution is 2.29. The summed E-state index contributed by atoms with van der Waals surface area (Å²) in [6.45, 7) is 1.73. The molecule has 1 rings (SSSR count). The fraction of sp³-hybridized carbons (Fsp3) is 0.143. The van der Waals surface area contributed by atoms with E-state index in [-0.39, 0.29) is 16.9 Å². The van der Waals surface area contributed by atoms with Gasteiger partial charge in [0.25, 0.3) is 0 Å². The number of hydrogen-bond donors (Lipinski definition) is 2. The van der Waals surface area contributed by atoms with Crippen LogP contribution in [0.1, 0.15) is 5.56 Å². The molecule has 0 aromatic heterocycles. The first-order valence-electron chi connectivity index (χ1n) is 3.34. The van der Waals surface area contributed by atoms with E-state index in [0.717, 1.165) is 0 Å². The summed E-state index contributed by atoms with van der Waals surface area (Å²) in [6.07, 6.45) is 0. The molecule has 7 heteroatoms. The van der Waals surface area contributed by atoms with Gasteiger partial charge in [-0.3, -0.25) is 0 Å². The zero-order chi connectivity index (χ0) is 10.0. The van der Waals surface area contributed by atoms with Crippen molar-refractivity contribution in [3.63, 3.8) is 0 Å². The van der Waals surface area contributed by atoms with E-state index in [2.05, 4.69) is 4.18 Å². The van der Waals surface area contributed by atoms with Gasteiger partial charge < -0.3 is 20.6 Å². The Kier molecular flexibility index (Phi) is 4.86. The second-order valence-electron chi connectivity index (χ2n) is 2.43. The Labute approximate surface area is 89.3 Å². The van der Waals surface area contributed by atoms with E-state index in [1.807, 2.05) is 0 Å².